The van der Waals surface area contributed by atoms with Crippen molar-refractivity contribution in [3.8, 4) is 23.0 Å². The van der Waals surface area contributed by atoms with E-state index in [0.29, 0.717) is 49.4 Å². The van der Waals surface area contributed by atoms with E-state index in [2.05, 4.69) is 15.5 Å². The summed E-state index contributed by atoms with van der Waals surface area (Å²) in [7, 11) is 0. The highest BCUT2D eigenvalue weighted by atomic mass is 35.5. The van der Waals surface area contributed by atoms with Gasteiger partial charge < -0.3 is 24.3 Å². The molecule has 0 bridgehead atoms. The second-order valence-electron chi connectivity index (χ2n) is 6.96. The minimum Gasteiger partial charge on any atom is -0.492 e. The maximum Gasteiger partial charge on any atom is 0.258 e. The van der Waals surface area contributed by atoms with Crippen LogP contribution in [-0.4, -0.2) is 44.2 Å². The van der Waals surface area contributed by atoms with E-state index in [9.17, 15) is 9.59 Å². The number of rotatable bonds is 13. The molecule has 1 N–H and O–H groups in total. The molecule has 2 aromatic carbocycles. The van der Waals surface area contributed by atoms with Crippen LogP contribution in [0.2, 0.25) is 10.0 Å². The maximum absolute atomic E-state index is 12.9. The predicted octanol–water partition coefficient (Wildman–Crippen LogP) is 6.27. The Bertz CT molecular complexity index is 1080. The molecule has 2 rings (SSSR count). The fraction of sp³-hybridized carbons (Fsp3) is 0.417. The van der Waals surface area contributed by atoms with Crippen LogP contribution in [0.5, 0.6) is 23.0 Å². The molecule has 0 aliphatic heterocycles. The first-order valence-corrected chi connectivity index (χ1v) is 11.9. The number of carbonyl (C=O) groups is 2. The van der Waals surface area contributed by atoms with Gasteiger partial charge in [0.05, 0.1) is 31.5 Å². The number of hydrogen-bond acceptors (Lipinski definition) is 8. The van der Waals surface area contributed by atoms with E-state index < -0.39 is 17.7 Å². The number of anilines is 1. The average Bonchev–Trinajstić information content (AvgIpc) is 2.80. The van der Waals surface area contributed by atoms with Gasteiger partial charge in [-0.05, 0) is 52.8 Å². The summed E-state index contributed by atoms with van der Waals surface area (Å²) in [5.74, 6) is 0.194. The van der Waals surface area contributed by atoms with Gasteiger partial charge in [-0.2, -0.15) is 10.2 Å². The van der Waals surface area contributed by atoms with Crippen LogP contribution in [0.15, 0.2) is 34.5 Å². The van der Waals surface area contributed by atoms with Crippen molar-refractivity contribution in [3.63, 3.8) is 0 Å². The number of azo groups is 1. The fourth-order valence-corrected chi connectivity index (χ4v) is 3.53. The van der Waals surface area contributed by atoms with Gasteiger partial charge in [-0.25, -0.2) is 0 Å². The molecule has 0 spiro atoms. The van der Waals surface area contributed by atoms with Crippen LogP contribution in [-0.2, 0) is 9.59 Å². The van der Waals surface area contributed by atoms with Crippen LogP contribution < -0.4 is 24.3 Å². The molecule has 0 radical (unpaired) electrons. The molecule has 0 saturated heterocycles. The zero-order chi connectivity index (χ0) is 26.0. The molecule has 0 aliphatic rings. The zero-order valence-electron chi connectivity index (χ0n) is 20.3. The second-order valence-corrected chi connectivity index (χ2v) is 7.75. The minimum atomic E-state index is -1.42. The van der Waals surface area contributed by atoms with E-state index in [0.717, 1.165) is 0 Å². The van der Waals surface area contributed by atoms with Crippen molar-refractivity contribution in [2.24, 2.45) is 10.2 Å². The third kappa shape index (κ3) is 7.47. The number of amides is 1. The molecule has 0 aromatic heterocycles. The second kappa shape index (κ2) is 13.7. The van der Waals surface area contributed by atoms with Gasteiger partial charge in [0.15, 0.2) is 23.0 Å². The highest BCUT2D eigenvalue weighted by molar-refractivity contribution is 6.34. The van der Waals surface area contributed by atoms with Crippen molar-refractivity contribution < 1.29 is 28.5 Å². The molecule has 190 valence electrons. The Morgan fingerprint density at radius 3 is 2.09 bits per heavy atom. The first kappa shape index (κ1) is 28.2. The number of ketones is 1. The SMILES string of the molecule is CCOc1ccc(N=NC(C(C)=O)C(=O)Nc2cc(Cl)c(OCC)c(OCC)c2)c(OCC)c1Cl. The van der Waals surface area contributed by atoms with Crippen molar-refractivity contribution in [2.75, 3.05) is 31.7 Å². The highest BCUT2D eigenvalue weighted by Gasteiger charge is 2.25. The third-order valence-corrected chi connectivity index (χ3v) is 5.05. The van der Waals surface area contributed by atoms with Gasteiger partial charge in [-0.1, -0.05) is 23.2 Å². The summed E-state index contributed by atoms with van der Waals surface area (Å²) in [5.41, 5.74) is 0.564. The molecule has 0 saturated carbocycles. The van der Waals surface area contributed by atoms with Gasteiger partial charge in [0, 0.05) is 11.8 Å². The van der Waals surface area contributed by atoms with Gasteiger partial charge >= 0.3 is 0 Å². The summed E-state index contributed by atoms with van der Waals surface area (Å²) >= 11 is 12.7. The zero-order valence-corrected chi connectivity index (χ0v) is 21.8. The molecular weight excluding hydrogens is 497 g/mol. The Morgan fingerprint density at radius 2 is 1.49 bits per heavy atom. The Hall–Kier alpha value is -3.04. The van der Waals surface area contributed by atoms with E-state index in [1.807, 2.05) is 20.8 Å². The van der Waals surface area contributed by atoms with E-state index >= 15 is 0 Å². The van der Waals surface area contributed by atoms with Gasteiger partial charge in [0.2, 0.25) is 6.04 Å². The fourth-order valence-electron chi connectivity index (χ4n) is 2.99. The van der Waals surface area contributed by atoms with E-state index in [4.69, 9.17) is 42.1 Å². The third-order valence-electron chi connectivity index (χ3n) is 4.41. The Kier molecular flexibility index (Phi) is 11.1. The molecule has 0 aliphatic carbocycles. The topological polar surface area (TPSA) is 108 Å². The first-order chi connectivity index (χ1) is 16.8. The Morgan fingerprint density at radius 1 is 0.886 bits per heavy atom. The Labute approximate surface area is 214 Å². The molecule has 1 amide bonds. The van der Waals surface area contributed by atoms with Gasteiger partial charge in [-0.15, -0.1) is 0 Å². The summed E-state index contributed by atoms with van der Waals surface area (Å²) in [6.45, 7) is 9.97. The van der Waals surface area contributed by atoms with Crippen LogP contribution in [0, 0.1) is 0 Å². The van der Waals surface area contributed by atoms with Gasteiger partial charge in [-0.3, -0.25) is 9.59 Å². The normalized spacial score (nSPS) is 11.7. The average molecular weight is 526 g/mol. The van der Waals surface area contributed by atoms with E-state index in [1.165, 1.54) is 13.0 Å². The molecule has 9 nitrogen and oxygen atoms in total. The Balaban J connectivity index is 2.33. The number of Topliss-reactive ketones (excluding diaryl/α,β-unsaturated/α-hetero) is 1. The van der Waals surface area contributed by atoms with Crippen molar-refractivity contribution >= 4 is 46.3 Å². The lowest BCUT2D eigenvalue weighted by Crippen LogP contribution is -2.31. The number of benzene rings is 2. The molecule has 1 atom stereocenters. The van der Waals surface area contributed by atoms with Gasteiger partial charge in [0.1, 0.15) is 16.5 Å². The van der Waals surface area contributed by atoms with Crippen LogP contribution >= 0.6 is 23.2 Å². The number of carbonyl (C=O) groups excluding carboxylic acids is 2. The molecule has 35 heavy (non-hydrogen) atoms. The van der Waals surface area contributed by atoms with Crippen LogP contribution in [0.25, 0.3) is 0 Å². The number of nitrogens with zero attached hydrogens (tertiary/aromatic N) is 2. The van der Waals surface area contributed by atoms with Crippen LogP contribution in [0.3, 0.4) is 0 Å². The summed E-state index contributed by atoms with van der Waals surface area (Å²) in [6.07, 6.45) is 0. The standard InChI is InChI=1S/C24H29Cl2N3O6/c1-6-32-18-11-10-17(23(20(18)26)35-9-4)28-29-21(14(5)30)24(31)27-15-12-16(25)22(34-8-3)19(13-15)33-7-2/h10-13,21H,6-9H2,1-5H3,(H,27,31). The van der Waals surface area contributed by atoms with Gasteiger partial charge in [0.25, 0.3) is 5.91 Å². The van der Waals surface area contributed by atoms with Crippen molar-refractivity contribution in [3.05, 3.63) is 34.3 Å². The summed E-state index contributed by atoms with van der Waals surface area (Å²) in [4.78, 5) is 25.1. The largest absolute Gasteiger partial charge is 0.492 e. The van der Waals surface area contributed by atoms with E-state index in [-0.39, 0.29) is 21.5 Å². The summed E-state index contributed by atoms with van der Waals surface area (Å²) in [5, 5.41) is 11.2. The molecule has 0 fully saturated rings. The molecule has 11 heteroatoms. The summed E-state index contributed by atoms with van der Waals surface area (Å²) in [6, 6.07) is 4.84. The monoisotopic (exact) mass is 525 g/mol. The lowest BCUT2D eigenvalue weighted by atomic mass is 10.2. The number of halogens is 2. The molecular formula is C24H29Cl2N3O6. The van der Waals surface area contributed by atoms with Crippen molar-refractivity contribution in [1.29, 1.82) is 0 Å². The number of hydrogen-bond donors (Lipinski definition) is 1. The maximum atomic E-state index is 12.9. The predicted molar refractivity (Wildman–Crippen MR) is 135 cm³/mol. The smallest absolute Gasteiger partial charge is 0.258 e. The molecule has 0 heterocycles. The van der Waals surface area contributed by atoms with Crippen LogP contribution in [0.4, 0.5) is 11.4 Å². The number of ether oxygens (including phenoxy) is 4. The first-order valence-electron chi connectivity index (χ1n) is 11.2. The minimum absolute atomic E-state index is 0.224. The lowest BCUT2D eigenvalue weighted by Gasteiger charge is -2.16. The quantitative estimate of drug-likeness (QED) is 0.244. The van der Waals surface area contributed by atoms with E-state index in [1.54, 1.807) is 25.1 Å². The lowest BCUT2D eigenvalue weighted by molar-refractivity contribution is -0.126. The molecule has 2 aromatic rings. The summed E-state index contributed by atoms with van der Waals surface area (Å²) < 4.78 is 22.2. The number of nitrogens with one attached hydrogen (secondary N) is 1. The van der Waals surface area contributed by atoms with Crippen molar-refractivity contribution in [1.82, 2.24) is 0 Å². The van der Waals surface area contributed by atoms with Crippen molar-refractivity contribution in [2.45, 2.75) is 40.7 Å². The highest BCUT2D eigenvalue weighted by Crippen LogP contribution is 2.42. The molecule has 1 unspecified atom stereocenters. The van der Waals surface area contributed by atoms with Crippen LogP contribution in [0.1, 0.15) is 34.6 Å².